The van der Waals surface area contributed by atoms with Gasteiger partial charge in [-0.15, -0.1) is 0 Å². The van der Waals surface area contributed by atoms with E-state index in [-0.39, 0.29) is 11.1 Å². The molecule has 0 unspecified atom stereocenters. The van der Waals surface area contributed by atoms with E-state index < -0.39 is 0 Å². The van der Waals surface area contributed by atoms with E-state index in [9.17, 15) is 9.59 Å². The molecule has 0 bridgehead atoms. The smallest absolute Gasteiger partial charge is 0.293 e. The number of benzene rings is 2. The molecule has 0 radical (unpaired) electrons. The molecule has 3 aromatic rings. The Morgan fingerprint density at radius 3 is 2.50 bits per heavy atom. The van der Waals surface area contributed by atoms with Crippen molar-refractivity contribution < 1.29 is 9.59 Å². The van der Waals surface area contributed by atoms with Crippen LogP contribution in [0.2, 0.25) is 0 Å². The first-order valence-corrected chi connectivity index (χ1v) is 10.2. The molecule has 1 aliphatic heterocycles. The summed E-state index contributed by atoms with van der Waals surface area (Å²) >= 11 is 1.03. The van der Waals surface area contributed by atoms with E-state index in [1.165, 1.54) is 15.7 Å². The fourth-order valence-corrected chi connectivity index (χ4v) is 4.56. The van der Waals surface area contributed by atoms with Crippen molar-refractivity contribution in [2.75, 3.05) is 6.54 Å². The lowest BCUT2D eigenvalue weighted by molar-refractivity contribution is -0.122. The van der Waals surface area contributed by atoms with Gasteiger partial charge in [-0.3, -0.25) is 14.5 Å². The van der Waals surface area contributed by atoms with Crippen molar-refractivity contribution in [2.45, 2.75) is 27.2 Å². The Kier molecular flexibility index (Phi) is 4.85. The standard InChI is InChI=1S/C23H22N2O2S/c1-4-11-24-22(26)21(28-23(24)27)14-19-12-15(2)25(16(19)3)20-10-9-17-7-5-6-8-18(17)13-20/h5-10,12-14H,4,11H2,1-3H3/b21-14+. The SMILES string of the molecule is CCCN1C(=O)S/C(=C/c2cc(C)n(-c3ccc4ccccc4c3)c2C)C1=O. The van der Waals surface area contributed by atoms with Gasteiger partial charge in [0.25, 0.3) is 11.1 Å². The van der Waals surface area contributed by atoms with Crippen molar-refractivity contribution >= 4 is 39.8 Å². The summed E-state index contributed by atoms with van der Waals surface area (Å²) in [4.78, 5) is 26.5. The largest absolute Gasteiger partial charge is 0.318 e. The van der Waals surface area contributed by atoms with Crippen LogP contribution in [-0.2, 0) is 4.79 Å². The molecule has 5 heteroatoms. The molecule has 142 valence electrons. The minimum atomic E-state index is -0.188. The summed E-state index contributed by atoms with van der Waals surface area (Å²) in [5.41, 5.74) is 4.20. The Balaban J connectivity index is 1.73. The first kappa shape index (κ1) is 18.6. The fraction of sp³-hybridized carbons (Fsp3) is 0.217. The summed E-state index contributed by atoms with van der Waals surface area (Å²) in [5.74, 6) is -0.188. The molecule has 2 aromatic carbocycles. The van der Waals surface area contributed by atoms with Gasteiger partial charge in [-0.05, 0) is 72.6 Å². The number of carbonyl (C=O) groups excluding carboxylic acids is 2. The third kappa shape index (κ3) is 3.16. The maximum Gasteiger partial charge on any atom is 0.293 e. The third-order valence-corrected chi connectivity index (χ3v) is 5.98. The molecule has 0 saturated carbocycles. The van der Waals surface area contributed by atoms with E-state index in [0.29, 0.717) is 11.4 Å². The van der Waals surface area contributed by atoms with Gasteiger partial charge >= 0.3 is 0 Å². The summed E-state index contributed by atoms with van der Waals surface area (Å²) in [6.07, 6.45) is 2.61. The molecule has 1 aliphatic rings. The molecule has 2 heterocycles. The summed E-state index contributed by atoms with van der Waals surface area (Å²) in [5, 5.41) is 2.22. The zero-order valence-electron chi connectivity index (χ0n) is 16.2. The van der Waals surface area contributed by atoms with Gasteiger partial charge in [-0.1, -0.05) is 37.3 Å². The number of rotatable bonds is 4. The highest BCUT2D eigenvalue weighted by atomic mass is 32.2. The summed E-state index contributed by atoms with van der Waals surface area (Å²) < 4.78 is 2.19. The monoisotopic (exact) mass is 390 g/mol. The Bertz CT molecular complexity index is 1130. The second kappa shape index (κ2) is 7.32. The van der Waals surface area contributed by atoms with Crippen molar-refractivity contribution in [3.8, 4) is 5.69 Å². The summed E-state index contributed by atoms with van der Waals surface area (Å²) in [6.45, 7) is 6.54. The number of amides is 2. The normalized spacial score (nSPS) is 16.0. The van der Waals surface area contributed by atoms with Gasteiger partial charge in [-0.2, -0.15) is 0 Å². The van der Waals surface area contributed by atoms with Crippen LogP contribution < -0.4 is 0 Å². The molecule has 4 nitrogen and oxygen atoms in total. The summed E-state index contributed by atoms with van der Waals surface area (Å²) in [6, 6.07) is 16.8. The van der Waals surface area contributed by atoms with Crippen LogP contribution >= 0.6 is 11.8 Å². The van der Waals surface area contributed by atoms with Crippen molar-refractivity contribution in [1.82, 2.24) is 9.47 Å². The minimum Gasteiger partial charge on any atom is -0.318 e. The predicted octanol–water partition coefficient (Wildman–Crippen LogP) is 5.69. The van der Waals surface area contributed by atoms with Gasteiger partial charge < -0.3 is 4.57 Å². The zero-order chi connectivity index (χ0) is 19.8. The van der Waals surface area contributed by atoms with Crippen molar-refractivity contribution in [3.63, 3.8) is 0 Å². The number of aryl methyl sites for hydroxylation is 1. The third-order valence-electron chi connectivity index (χ3n) is 5.07. The summed E-state index contributed by atoms with van der Waals surface area (Å²) in [7, 11) is 0. The molecule has 1 saturated heterocycles. The molecular formula is C23H22N2O2S. The number of hydrogen-bond donors (Lipinski definition) is 0. The molecule has 4 rings (SSSR count). The number of aromatic nitrogens is 1. The highest BCUT2D eigenvalue weighted by molar-refractivity contribution is 8.18. The van der Waals surface area contributed by atoms with E-state index in [2.05, 4.69) is 47.9 Å². The lowest BCUT2D eigenvalue weighted by atomic mass is 10.1. The Morgan fingerprint density at radius 1 is 1.00 bits per heavy atom. The van der Waals surface area contributed by atoms with E-state index in [1.54, 1.807) is 0 Å². The van der Waals surface area contributed by atoms with Crippen LogP contribution in [0.25, 0.3) is 22.5 Å². The molecule has 1 fully saturated rings. The first-order valence-electron chi connectivity index (χ1n) is 9.43. The lowest BCUT2D eigenvalue weighted by Gasteiger charge is -2.11. The Morgan fingerprint density at radius 2 is 1.75 bits per heavy atom. The Hall–Kier alpha value is -2.79. The van der Waals surface area contributed by atoms with E-state index in [0.717, 1.165) is 40.8 Å². The second-order valence-corrected chi connectivity index (χ2v) is 8.02. The van der Waals surface area contributed by atoms with Gasteiger partial charge in [0, 0.05) is 23.6 Å². The number of hydrogen-bond acceptors (Lipinski definition) is 3. The molecule has 0 spiro atoms. The molecule has 0 N–H and O–H groups in total. The van der Waals surface area contributed by atoms with Crippen LogP contribution in [0.4, 0.5) is 4.79 Å². The topological polar surface area (TPSA) is 42.3 Å². The van der Waals surface area contributed by atoms with Crippen LogP contribution in [0.1, 0.15) is 30.3 Å². The molecular weight excluding hydrogens is 368 g/mol. The van der Waals surface area contributed by atoms with Gasteiger partial charge in [0.15, 0.2) is 0 Å². The molecule has 0 atom stereocenters. The maximum atomic E-state index is 12.5. The average molecular weight is 391 g/mol. The van der Waals surface area contributed by atoms with Gasteiger partial charge in [0.1, 0.15) is 0 Å². The highest BCUT2D eigenvalue weighted by Crippen LogP contribution is 2.34. The van der Waals surface area contributed by atoms with Gasteiger partial charge in [0.2, 0.25) is 0 Å². The van der Waals surface area contributed by atoms with E-state index >= 15 is 0 Å². The van der Waals surface area contributed by atoms with Crippen LogP contribution in [-0.4, -0.2) is 27.2 Å². The van der Waals surface area contributed by atoms with Crippen molar-refractivity contribution in [2.24, 2.45) is 0 Å². The zero-order valence-corrected chi connectivity index (χ0v) is 17.0. The Labute approximate surface area is 168 Å². The number of thioether (sulfide) groups is 1. The van der Waals surface area contributed by atoms with Crippen LogP contribution in [0, 0.1) is 13.8 Å². The number of fused-ring (bicyclic) bond motifs is 1. The van der Waals surface area contributed by atoms with Crippen LogP contribution in [0.15, 0.2) is 53.4 Å². The fourth-order valence-electron chi connectivity index (χ4n) is 3.70. The van der Waals surface area contributed by atoms with Crippen LogP contribution in [0.5, 0.6) is 0 Å². The highest BCUT2D eigenvalue weighted by Gasteiger charge is 2.34. The quantitative estimate of drug-likeness (QED) is 0.537. The van der Waals surface area contributed by atoms with Gasteiger partial charge in [-0.25, -0.2) is 0 Å². The van der Waals surface area contributed by atoms with E-state index in [4.69, 9.17) is 0 Å². The molecule has 1 aromatic heterocycles. The van der Waals surface area contributed by atoms with Gasteiger partial charge in [0.05, 0.1) is 4.91 Å². The number of imide groups is 1. The minimum absolute atomic E-state index is 0.179. The second-order valence-electron chi connectivity index (χ2n) is 7.03. The molecule has 2 amide bonds. The molecule has 0 aliphatic carbocycles. The number of nitrogens with zero attached hydrogens (tertiary/aromatic N) is 2. The van der Waals surface area contributed by atoms with Crippen molar-refractivity contribution in [3.05, 3.63) is 70.4 Å². The predicted molar refractivity (Wildman–Crippen MR) is 116 cm³/mol. The first-order chi connectivity index (χ1) is 13.5. The van der Waals surface area contributed by atoms with E-state index in [1.807, 2.05) is 32.1 Å². The average Bonchev–Trinajstić information content (AvgIpc) is 3.11. The maximum absolute atomic E-state index is 12.5. The van der Waals surface area contributed by atoms with Crippen LogP contribution in [0.3, 0.4) is 0 Å². The number of carbonyl (C=O) groups is 2. The lowest BCUT2D eigenvalue weighted by Crippen LogP contribution is -2.28. The van der Waals surface area contributed by atoms with Crippen molar-refractivity contribution in [1.29, 1.82) is 0 Å². The molecule has 28 heavy (non-hydrogen) atoms.